The summed E-state index contributed by atoms with van der Waals surface area (Å²) in [5.74, 6) is 5.40. The zero-order valence-electron chi connectivity index (χ0n) is 11.7. The molecule has 3 nitrogen and oxygen atoms in total. The number of rotatable bonds is 6. The maximum Gasteiger partial charge on any atom is 0.124 e. The second kappa shape index (κ2) is 9.09. The number of benzene rings is 1. The minimum Gasteiger partial charge on any atom is -0.395 e. The van der Waals surface area contributed by atoms with Crippen LogP contribution < -0.4 is 0 Å². The van der Waals surface area contributed by atoms with E-state index in [1.807, 2.05) is 6.92 Å². The molecule has 4 heteroatoms. The van der Waals surface area contributed by atoms with Gasteiger partial charge in [0.15, 0.2) is 0 Å². The average molecular weight is 274 g/mol. The number of hydrogen-bond donors (Lipinski definition) is 1. The SMILES string of the molecule is CCN(CCC#N)Cc1ccc(F)cc1C#CCCO. The van der Waals surface area contributed by atoms with Crippen molar-refractivity contribution in [3.05, 3.63) is 35.1 Å². The molecule has 0 atom stereocenters. The predicted molar refractivity (Wildman–Crippen MR) is 76.2 cm³/mol. The third-order valence-corrected chi connectivity index (χ3v) is 2.91. The highest BCUT2D eigenvalue weighted by atomic mass is 19.1. The van der Waals surface area contributed by atoms with Crippen molar-refractivity contribution in [2.45, 2.75) is 26.3 Å². The van der Waals surface area contributed by atoms with Gasteiger partial charge >= 0.3 is 0 Å². The van der Waals surface area contributed by atoms with Gasteiger partial charge < -0.3 is 5.11 Å². The molecule has 1 aromatic rings. The van der Waals surface area contributed by atoms with Crippen LogP contribution in [0.5, 0.6) is 0 Å². The number of hydrogen-bond acceptors (Lipinski definition) is 3. The minimum atomic E-state index is -0.317. The molecule has 0 spiro atoms. The summed E-state index contributed by atoms with van der Waals surface area (Å²) in [5.41, 5.74) is 1.59. The minimum absolute atomic E-state index is 0.000896. The van der Waals surface area contributed by atoms with Gasteiger partial charge in [0.05, 0.1) is 12.7 Å². The van der Waals surface area contributed by atoms with Crippen LogP contribution in [0.2, 0.25) is 0 Å². The van der Waals surface area contributed by atoms with Gasteiger partial charge in [-0.1, -0.05) is 24.8 Å². The van der Waals surface area contributed by atoms with Gasteiger partial charge in [-0.2, -0.15) is 5.26 Å². The molecule has 0 saturated carbocycles. The molecule has 0 heterocycles. The standard InChI is InChI=1S/C16H19FN2O/c1-2-19(10-5-9-18)13-15-7-8-16(17)12-14(15)6-3-4-11-20/h7-8,12,20H,2,4-5,10-11,13H2,1H3. The van der Waals surface area contributed by atoms with E-state index in [4.69, 9.17) is 10.4 Å². The van der Waals surface area contributed by atoms with Crippen LogP contribution in [-0.4, -0.2) is 29.7 Å². The van der Waals surface area contributed by atoms with E-state index in [2.05, 4.69) is 22.8 Å². The number of halogens is 1. The van der Waals surface area contributed by atoms with Crippen LogP contribution in [0.3, 0.4) is 0 Å². The monoisotopic (exact) mass is 274 g/mol. The number of nitriles is 1. The topological polar surface area (TPSA) is 47.3 Å². The molecule has 20 heavy (non-hydrogen) atoms. The summed E-state index contributed by atoms with van der Waals surface area (Å²) >= 11 is 0. The van der Waals surface area contributed by atoms with Crippen molar-refractivity contribution >= 4 is 0 Å². The largest absolute Gasteiger partial charge is 0.395 e. The molecule has 0 aliphatic rings. The van der Waals surface area contributed by atoms with Gasteiger partial charge in [0, 0.05) is 31.5 Å². The van der Waals surface area contributed by atoms with Gasteiger partial charge in [0.25, 0.3) is 0 Å². The molecule has 1 N–H and O–H groups in total. The maximum atomic E-state index is 13.3. The lowest BCUT2D eigenvalue weighted by Gasteiger charge is -2.19. The predicted octanol–water partition coefficient (Wildman–Crippen LogP) is 2.30. The van der Waals surface area contributed by atoms with E-state index in [0.29, 0.717) is 31.5 Å². The first-order chi connectivity index (χ1) is 9.71. The highest BCUT2D eigenvalue weighted by molar-refractivity contribution is 5.41. The molecule has 0 aliphatic carbocycles. The average Bonchev–Trinajstić information content (AvgIpc) is 2.45. The van der Waals surface area contributed by atoms with Crippen molar-refractivity contribution in [2.24, 2.45) is 0 Å². The van der Waals surface area contributed by atoms with Crippen molar-refractivity contribution in [3.8, 4) is 17.9 Å². The van der Waals surface area contributed by atoms with Crippen LogP contribution in [0.1, 0.15) is 30.9 Å². The van der Waals surface area contributed by atoms with Gasteiger partial charge in [-0.25, -0.2) is 4.39 Å². The molecular weight excluding hydrogens is 255 g/mol. The summed E-state index contributed by atoms with van der Waals surface area (Å²) in [7, 11) is 0. The number of aliphatic hydroxyl groups is 1. The van der Waals surface area contributed by atoms with Crippen LogP contribution in [0.15, 0.2) is 18.2 Å². The third kappa shape index (κ3) is 5.40. The van der Waals surface area contributed by atoms with Gasteiger partial charge in [0.2, 0.25) is 0 Å². The summed E-state index contributed by atoms with van der Waals surface area (Å²) in [6, 6.07) is 6.69. The Morgan fingerprint density at radius 3 is 2.80 bits per heavy atom. The van der Waals surface area contributed by atoms with E-state index < -0.39 is 0 Å². The Labute approximate surface area is 119 Å². The lowest BCUT2D eigenvalue weighted by Crippen LogP contribution is -2.24. The maximum absolute atomic E-state index is 13.3. The van der Waals surface area contributed by atoms with E-state index in [1.165, 1.54) is 12.1 Å². The zero-order chi connectivity index (χ0) is 14.8. The highest BCUT2D eigenvalue weighted by Crippen LogP contribution is 2.13. The quantitative estimate of drug-likeness (QED) is 0.810. The molecule has 0 amide bonds. The number of nitrogens with zero attached hydrogens (tertiary/aromatic N) is 2. The molecule has 0 radical (unpaired) electrons. The van der Waals surface area contributed by atoms with E-state index in [1.54, 1.807) is 6.07 Å². The molecule has 0 saturated heterocycles. The van der Waals surface area contributed by atoms with Gasteiger partial charge in [-0.05, 0) is 24.2 Å². The van der Waals surface area contributed by atoms with E-state index in [0.717, 1.165) is 12.1 Å². The first-order valence-corrected chi connectivity index (χ1v) is 6.68. The van der Waals surface area contributed by atoms with Crippen molar-refractivity contribution in [3.63, 3.8) is 0 Å². The van der Waals surface area contributed by atoms with Crippen molar-refractivity contribution in [2.75, 3.05) is 19.7 Å². The van der Waals surface area contributed by atoms with Crippen molar-refractivity contribution in [1.29, 1.82) is 5.26 Å². The first-order valence-electron chi connectivity index (χ1n) is 6.68. The molecule has 0 aliphatic heterocycles. The molecule has 0 bridgehead atoms. The molecule has 106 valence electrons. The second-order valence-electron chi connectivity index (χ2n) is 4.35. The van der Waals surface area contributed by atoms with Crippen LogP contribution >= 0.6 is 0 Å². The highest BCUT2D eigenvalue weighted by Gasteiger charge is 2.07. The Morgan fingerprint density at radius 1 is 1.35 bits per heavy atom. The van der Waals surface area contributed by atoms with E-state index in [-0.39, 0.29) is 12.4 Å². The first kappa shape index (κ1) is 16.2. The van der Waals surface area contributed by atoms with Gasteiger partial charge in [-0.3, -0.25) is 4.90 Å². The zero-order valence-corrected chi connectivity index (χ0v) is 11.7. The fraction of sp³-hybridized carbons (Fsp3) is 0.438. The molecule has 1 aromatic carbocycles. The molecule has 0 fully saturated rings. The van der Waals surface area contributed by atoms with Crippen LogP contribution in [0, 0.1) is 29.0 Å². The van der Waals surface area contributed by atoms with E-state index >= 15 is 0 Å². The third-order valence-electron chi connectivity index (χ3n) is 2.91. The lowest BCUT2D eigenvalue weighted by molar-refractivity contribution is 0.286. The fourth-order valence-corrected chi connectivity index (χ4v) is 1.81. The Hall–Kier alpha value is -1.88. The second-order valence-corrected chi connectivity index (χ2v) is 4.35. The fourth-order valence-electron chi connectivity index (χ4n) is 1.81. The van der Waals surface area contributed by atoms with Crippen LogP contribution in [0.4, 0.5) is 4.39 Å². The van der Waals surface area contributed by atoms with Gasteiger partial charge in [0.1, 0.15) is 5.82 Å². The summed E-state index contributed by atoms with van der Waals surface area (Å²) < 4.78 is 13.3. The normalized spacial score (nSPS) is 9.95. The summed E-state index contributed by atoms with van der Waals surface area (Å²) in [6.45, 7) is 4.18. The van der Waals surface area contributed by atoms with Crippen LogP contribution in [0.25, 0.3) is 0 Å². The molecule has 1 rings (SSSR count). The Balaban J connectivity index is 2.88. The van der Waals surface area contributed by atoms with E-state index in [9.17, 15) is 4.39 Å². The summed E-state index contributed by atoms with van der Waals surface area (Å²) in [4.78, 5) is 2.12. The Morgan fingerprint density at radius 2 is 2.15 bits per heavy atom. The Kier molecular flexibility index (Phi) is 7.35. The van der Waals surface area contributed by atoms with Crippen molar-refractivity contribution in [1.82, 2.24) is 4.90 Å². The molecular formula is C16H19FN2O. The summed E-state index contributed by atoms with van der Waals surface area (Å²) in [5, 5.41) is 17.4. The van der Waals surface area contributed by atoms with Gasteiger partial charge in [-0.15, -0.1) is 0 Å². The number of aliphatic hydroxyl groups excluding tert-OH is 1. The van der Waals surface area contributed by atoms with Crippen LogP contribution in [-0.2, 0) is 6.54 Å². The summed E-state index contributed by atoms with van der Waals surface area (Å²) in [6.07, 6.45) is 0.850. The smallest absolute Gasteiger partial charge is 0.124 e. The molecule has 0 aromatic heterocycles. The lowest BCUT2D eigenvalue weighted by atomic mass is 10.1. The van der Waals surface area contributed by atoms with Crippen molar-refractivity contribution < 1.29 is 9.50 Å². The Bertz CT molecular complexity index is 526. The molecule has 0 unspecified atom stereocenters.